The van der Waals surface area contributed by atoms with Crippen LogP contribution in [0.4, 0.5) is 15.8 Å². The normalized spacial score (nSPS) is 10.3. The van der Waals surface area contributed by atoms with E-state index < -0.39 is 0 Å². The molecule has 0 radical (unpaired) electrons. The highest BCUT2D eigenvalue weighted by Gasteiger charge is 2.12. The molecule has 0 aliphatic heterocycles. The standard InChI is InChI=1S/C22H19FN2O2/c1-14-8-9-17(22(27)24-19-11-10-18(23)12-15(19)2)13-20(14)25-21(26)16-6-4-3-5-7-16/h3-13H,1-2H3,(H,24,27)(H,25,26). The van der Waals surface area contributed by atoms with Gasteiger partial charge in [-0.15, -0.1) is 0 Å². The Morgan fingerprint density at radius 2 is 1.37 bits per heavy atom. The summed E-state index contributed by atoms with van der Waals surface area (Å²) in [4.78, 5) is 24.9. The van der Waals surface area contributed by atoms with Gasteiger partial charge >= 0.3 is 0 Å². The molecule has 136 valence electrons. The zero-order chi connectivity index (χ0) is 19.4. The van der Waals surface area contributed by atoms with Crippen molar-refractivity contribution in [2.45, 2.75) is 13.8 Å². The molecule has 0 fully saturated rings. The first-order valence-corrected chi connectivity index (χ1v) is 8.48. The van der Waals surface area contributed by atoms with Crippen LogP contribution in [0.2, 0.25) is 0 Å². The van der Waals surface area contributed by atoms with E-state index >= 15 is 0 Å². The average Bonchev–Trinajstić information content (AvgIpc) is 2.66. The fraction of sp³-hybridized carbons (Fsp3) is 0.0909. The van der Waals surface area contributed by atoms with Crippen LogP contribution in [0.3, 0.4) is 0 Å². The van der Waals surface area contributed by atoms with Crippen LogP contribution in [0, 0.1) is 19.7 Å². The van der Waals surface area contributed by atoms with Crippen molar-refractivity contribution in [3.63, 3.8) is 0 Å². The predicted octanol–water partition coefficient (Wildman–Crippen LogP) is 4.95. The summed E-state index contributed by atoms with van der Waals surface area (Å²) in [6.07, 6.45) is 0. The molecule has 3 aromatic carbocycles. The van der Waals surface area contributed by atoms with E-state index in [1.165, 1.54) is 18.2 Å². The second-order valence-electron chi connectivity index (χ2n) is 6.26. The lowest BCUT2D eigenvalue weighted by Gasteiger charge is -2.12. The lowest BCUT2D eigenvalue weighted by molar-refractivity contribution is 0.101. The van der Waals surface area contributed by atoms with Crippen molar-refractivity contribution in [3.8, 4) is 0 Å². The van der Waals surface area contributed by atoms with E-state index in [1.807, 2.05) is 13.0 Å². The Balaban J connectivity index is 1.80. The molecule has 0 aromatic heterocycles. The second kappa shape index (κ2) is 7.83. The van der Waals surface area contributed by atoms with Gasteiger partial charge in [-0.2, -0.15) is 0 Å². The maximum Gasteiger partial charge on any atom is 0.255 e. The monoisotopic (exact) mass is 362 g/mol. The molecule has 0 heterocycles. The summed E-state index contributed by atoms with van der Waals surface area (Å²) >= 11 is 0. The lowest BCUT2D eigenvalue weighted by Crippen LogP contribution is -2.16. The van der Waals surface area contributed by atoms with E-state index in [9.17, 15) is 14.0 Å². The molecule has 0 unspecified atom stereocenters. The maximum atomic E-state index is 13.2. The van der Waals surface area contributed by atoms with Crippen LogP contribution in [0.15, 0.2) is 66.7 Å². The minimum absolute atomic E-state index is 0.245. The van der Waals surface area contributed by atoms with E-state index in [0.29, 0.717) is 28.1 Å². The van der Waals surface area contributed by atoms with E-state index in [-0.39, 0.29) is 17.6 Å². The van der Waals surface area contributed by atoms with Gasteiger partial charge in [0.1, 0.15) is 5.82 Å². The molecule has 0 saturated carbocycles. The SMILES string of the molecule is Cc1cc(F)ccc1NC(=O)c1ccc(C)c(NC(=O)c2ccccc2)c1. The Hall–Kier alpha value is -3.47. The number of halogens is 1. The molecule has 3 aromatic rings. The fourth-order valence-electron chi connectivity index (χ4n) is 2.64. The Kier molecular flexibility index (Phi) is 5.31. The molecule has 0 spiro atoms. The highest BCUT2D eigenvalue weighted by molar-refractivity contribution is 6.08. The zero-order valence-electron chi connectivity index (χ0n) is 15.0. The molecule has 5 heteroatoms. The largest absolute Gasteiger partial charge is 0.322 e. The summed E-state index contributed by atoms with van der Waals surface area (Å²) < 4.78 is 13.2. The number of amides is 2. The van der Waals surface area contributed by atoms with Gasteiger partial charge in [0.25, 0.3) is 11.8 Å². The van der Waals surface area contributed by atoms with Gasteiger partial charge in [0, 0.05) is 22.5 Å². The Bertz CT molecular complexity index is 1000. The first kappa shape index (κ1) is 18.3. The highest BCUT2D eigenvalue weighted by atomic mass is 19.1. The van der Waals surface area contributed by atoms with Crippen molar-refractivity contribution in [2.75, 3.05) is 10.6 Å². The van der Waals surface area contributed by atoms with Gasteiger partial charge in [-0.3, -0.25) is 9.59 Å². The first-order chi connectivity index (χ1) is 12.9. The average molecular weight is 362 g/mol. The van der Waals surface area contributed by atoms with Crippen LogP contribution in [-0.4, -0.2) is 11.8 Å². The second-order valence-corrected chi connectivity index (χ2v) is 6.26. The van der Waals surface area contributed by atoms with Gasteiger partial charge in [0.2, 0.25) is 0 Å². The number of anilines is 2. The van der Waals surface area contributed by atoms with Gasteiger partial charge in [-0.25, -0.2) is 4.39 Å². The van der Waals surface area contributed by atoms with E-state index in [4.69, 9.17) is 0 Å². The molecule has 2 amide bonds. The number of aryl methyl sites for hydroxylation is 2. The lowest BCUT2D eigenvalue weighted by atomic mass is 10.1. The van der Waals surface area contributed by atoms with Crippen molar-refractivity contribution in [3.05, 3.63) is 94.8 Å². The Morgan fingerprint density at radius 3 is 2.07 bits per heavy atom. The van der Waals surface area contributed by atoms with Crippen molar-refractivity contribution in [1.82, 2.24) is 0 Å². The third kappa shape index (κ3) is 4.39. The van der Waals surface area contributed by atoms with Crippen LogP contribution in [0.5, 0.6) is 0 Å². The summed E-state index contributed by atoms with van der Waals surface area (Å²) in [7, 11) is 0. The van der Waals surface area contributed by atoms with Crippen molar-refractivity contribution in [2.24, 2.45) is 0 Å². The number of rotatable bonds is 4. The fourth-order valence-corrected chi connectivity index (χ4v) is 2.64. The summed E-state index contributed by atoms with van der Waals surface area (Å²) in [5.74, 6) is -0.933. The molecule has 0 atom stereocenters. The van der Waals surface area contributed by atoms with Crippen molar-refractivity contribution >= 4 is 23.2 Å². The quantitative estimate of drug-likeness (QED) is 0.690. The predicted molar refractivity (Wildman–Crippen MR) is 105 cm³/mol. The molecule has 4 nitrogen and oxygen atoms in total. The van der Waals surface area contributed by atoms with Crippen LogP contribution < -0.4 is 10.6 Å². The van der Waals surface area contributed by atoms with Gasteiger partial charge < -0.3 is 10.6 Å². The molecule has 0 bridgehead atoms. The minimum atomic E-state index is -0.355. The van der Waals surface area contributed by atoms with Crippen LogP contribution >= 0.6 is 0 Å². The molecule has 2 N–H and O–H groups in total. The molecule has 27 heavy (non-hydrogen) atoms. The zero-order valence-corrected chi connectivity index (χ0v) is 15.0. The number of hydrogen-bond donors (Lipinski definition) is 2. The van der Waals surface area contributed by atoms with E-state index in [1.54, 1.807) is 49.4 Å². The Morgan fingerprint density at radius 1 is 0.704 bits per heavy atom. The molecule has 0 aliphatic rings. The number of carbonyl (C=O) groups is 2. The minimum Gasteiger partial charge on any atom is -0.322 e. The van der Waals surface area contributed by atoms with Crippen molar-refractivity contribution in [1.29, 1.82) is 0 Å². The number of hydrogen-bond acceptors (Lipinski definition) is 2. The highest BCUT2D eigenvalue weighted by Crippen LogP contribution is 2.21. The third-order valence-corrected chi connectivity index (χ3v) is 4.22. The number of carbonyl (C=O) groups excluding carboxylic acids is 2. The molecule has 0 saturated heterocycles. The number of benzene rings is 3. The summed E-state index contributed by atoms with van der Waals surface area (Å²) in [5.41, 5.74) is 3.51. The van der Waals surface area contributed by atoms with Crippen LogP contribution in [0.25, 0.3) is 0 Å². The Labute approximate surface area is 157 Å². The van der Waals surface area contributed by atoms with Gasteiger partial charge in [0.15, 0.2) is 0 Å². The first-order valence-electron chi connectivity index (χ1n) is 8.48. The van der Waals surface area contributed by atoms with Crippen LogP contribution in [0.1, 0.15) is 31.8 Å². The molecular formula is C22H19FN2O2. The van der Waals surface area contributed by atoms with Gasteiger partial charge in [0.05, 0.1) is 0 Å². The molecular weight excluding hydrogens is 343 g/mol. The third-order valence-electron chi connectivity index (χ3n) is 4.22. The summed E-state index contributed by atoms with van der Waals surface area (Å²) in [5, 5.41) is 5.60. The van der Waals surface area contributed by atoms with E-state index in [0.717, 1.165) is 5.56 Å². The summed E-state index contributed by atoms with van der Waals surface area (Å²) in [6.45, 7) is 3.58. The summed E-state index contributed by atoms with van der Waals surface area (Å²) in [6, 6.07) is 18.1. The molecule has 0 aliphatic carbocycles. The van der Waals surface area contributed by atoms with Crippen LogP contribution in [-0.2, 0) is 0 Å². The molecule has 3 rings (SSSR count). The van der Waals surface area contributed by atoms with Gasteiger partial charge in [-0.1, -0.05) is 24.3 Å². The maximum absolute atomic E-state index is 13.2. The smallest absolute Gasteiger partial charge is 0.255 e. The number of nitrogens with one attached hydrogen (secondary N) is 2. The van der Waals surface area contributed by atoms with Gasteiger partial charge in [-0.05, 0) is 67.4 Å². The van der Waals surface area contributed by atoms with Crippen molar-refractivity contribution < 1.29 is 14.0 Å². The van der Waals surface area contributed by atoms with E-state index in [2.05, 4.69) is 10.6 Å². The topological polar surface area (TPSA) is 58.2 Å².